The van der Waals surface area contributed by atoms with E-state index in [1.165, 1.54) is 25.3 Å². The third-order valence-corrected chi connectivity index (χ3v) is 4.30. The monoisotopic (exact) mass is 311 g/mol. The molecule has 0 aliphatic carbocycles. The summed E-state index contributed by atoms with van der Waals surface area (Å²) in [5, 5.41) is 7.47. The van der Waals surface area contributed by atoms with Crippen LogP contribution >= 0.6 is 0 Å². The SMILES string of the molecule is COc1ccc(S(=O)(=O)NCCCn2ccnn2)cc1N. The summed E-state index contributed by atoms with van der Waals surface area (Å²) in [5.74, 6) is 0.445. The second-order valence-electron chi connectivity index (χ2n) is 4.32. The maximum Gasteiger partial charge on any atom is 0.240 e. The molecule has 2 rings (SSSR count). The van der Waals surface area contributed by atoms with E-state index < -0.39 is 10.0 Å². The van der Waals surface area contributed by atoms with Crippen LogP contribution in [0.5, 0.6) is 5.75 Å². The van der Waals surface area contributed by atoms with E-state index in [1.54, 1.807) is 17.1 Å². The third-order valence-electron chi connectivity index (χ3n) is 2.84. The van der Waals surface area contributed by atoms with Crippen LogP contribution < -0.4 is 15.2 Å². The van der Waals surface area contributed by atoms with Gasteiger partial charge in [0.25, 0.3) is 0 Å². The van der Waals surface area contributed by atoms with Crippen LogP contribution in [-0.4, -0.2) is 37.1 Å². The summed E-state index contributed by atoms with van der Waals surface area (Å²) in [6.07, 6.45) is 3.90. The molecule has 3 N–H and O–H groups in total. The Labute approximate surface area is 123 Å². The molecule has 114 valence electrons. The van der Waals surface area contributed by atoms with Crippen molar-refractivity contribution in [3.8, 4) is 5.75 Å². The quantitative estimate of drug-likeness (QED) is 0.559. The van der Waals surface area contributed by atoms with Gasteiger partial charge < -0.3 is 10.5 Å². The van der Waals surface area contributed by atoms with E-state index >= 15 is 0 Å². The van der Waals surface area contributed by atoms with Gasteiger partial charge in [-0.05, 0) is 24.6 Å². The van der Waals surface area contributed by atoms with Crippen LogP contribution in [-0.2, 0) is 16.6 Å². The van der Waals surface area contributed by atoms with Crippen molar-refractivity contribution in [2.75, 3.05) is 19.4 Å². The Hall–Kier alpha value is -2.13. The van der Waals surface area contributed by atoms with Gasteiger partial charge in [-0.1, -0.05) is 5.21 Å². The average molecular weight is 311 g/mol. The summed E-state index contributed by atoms with van der Waals surface area (Å²) in [4.78, 5) is 0.113. The molecule has 0 spiro atoms. The lowest BCUT2D eigenvalue weighted by Crippen LogP contribution is -2.25. The Morgan fingerprint density at radius 2 is 2.24 bits per heavy atom. The smallest absolute Gasteiger partial charge is 0.240 e. The highest BCUT2D eigenvalue weighted by Crippen LogP contribution is 2.24. The number of nitrogens with zero attached hydrogens (tertiary/aromatic N) is 3. The van der Waals surface area contributed by atoms with Crippen molar-refractivity contribution in [1.82, 2.24) is 19.7 Å². The number of ether oxygens (including phenoxy) is 1. The molecule has 0 saturated carbocycles. The number of aromatic nitrogens is 3. The van der Waals surface area contributed by atoms with Crippen LogP contribution in [0.3, 0.4) is 0 Å². The highest BCUT2D eigenvalue weighted by Gasteiger charge is 2.15. The number of hydrogen-bond donors (Lipinski definition) is 2. The van der Waals surface area contributed by atoms with Gasteiger partial charge in [0.1, 0.15) is 5.75 Å². The number of benzene rings is 1. The van der Waals surface area contributed by atoms with E-state index in [2.05, 4.69) is 15.0 Å². The Kier molecular flexibility index (Phi) is 4.76. The average Bonchev–Trinajstić information content (AvgIpc) is 2.97. The number of sulfonamides is 1. The van der Waals surface area contributed by atoms with E-state index in [-0.39, 0.29) is 10.6 Å². The number of nitrogens with one attached hydrogen (secondary N) is 1. The molecule has 2 aromatic rings. The molecule has 0 unspecified atom stereocenters. The molecule has 0 aliphatic heterocycles. The predicted octanol–water partition coefficient (Wildman–Crippen LogP) is 0.237. The van der Waals surface area contributed by atoms with Crippen LogP contribution in [0.4, 0.5) is 5.69 Å². The zero-order chi connectivity index (χ0) is 15.3. The number of hydrogen-bond acceptors (Lipinski definition) is 6. The Balaban J connectivity index is 1.93. The normalized spacial score (nSPS) is 11.5. The zero-order valence-electron chi connectivity index (χ0n) is 11.6. The van der Waals surface area contributed by atoms with Crippen molar-refractivity contribution in [1.29, 1.82) is 0 Å². The van der Waals surface area contributed by atoms with Gasteiger partial charge in [-0.15, -0.1) is 5.10 Å². The first-order chi connectivity index (χ1) is 10.0. The Morgan fingerprint density at radius 1 is 1.43 bits per heavy atom. The molecule has 0 bridgehead atoms. The first kappa shape index (κ1) is 15.3. The van der Waals surface area contributed by atoms with Crippen molar-refractivity contribution in [2.45, 2.75) is 17.9 Å². The lowest BCUT2D eigenvalue weighted by molar-refractivity contribution is 0.416. The van der Waals surface area contributed by atoms with Gasteiger partial charge >= 0.3 is 0 Å². The number of aryl methyl sites for hydroxylation is 1. The molecule has 9 heteroatoms. The van der Waals surface area contributed by atoms with Gasteiger partial charge in [-0.25, -0.2) is 13.1 Å². The van der Waals surface area contributed by atoms with Crippen LogP contribution in [0.15, 0.2) is 35.5 Å². The van der Waals surface area contributed by atoms with Crippen molar-refractivity contribution in [3.05, 3.63) is 30.6 Å². The van der Waals surface area contributed by atoms with E-state index in [9.17, 15) is 8.42 Å². The molecule has 0 aliphatic rings. The minimum atomic E-state index is -3.58. The molecule has 0 saturated heterocycles. The fraction of sp³-hybridized carbons (Fsp3) is 0.333. The number of methoxy groups -OCH3 is 1. The second-order valence-corrected chi connectivity index (χ2v) is 6.09. The van der Waals surface area contributed by atoms with Crippen LogP contribution in [0.1, 0.15) is 6.42 Å². The molecule has 21 heavy (non-hydrogen) atoms. The molecule has 0 fully saturated rings. The molecule has 0 atom stereocenters. The molecule has 0 amide bonds. The Bertz CT molecular complexity index is 685. The Morgan fingerprint density at radius 3 is 2.86 bits per heavy atom. The lowest BCUT2D eigenvalue weighted by Gasteiger charge is -2.09. The van der Waals surface area contributed by atoms with Crippen LogP contribution in [0, 0.1) is 0 Å². The molecular formula is C12H17N5O3S. The summed E-state index contributed by atoms with van der Waals surface area (Å²) in [7, 11) is -2.11. The maximum atomic E-state index is 12.1. The molecule has 0 radical (unpaired) electrons. The molecular weight excluding hydrogens is 294 g/mol. The van der Waals surface area contributed by atoms with Crippen molar-refractivity contribution < 1.29 is 13.2 Å². The van der Waals surface area contributed by atoms with Crippen LogP contribution in [0.2, 0.25) is 0 Å². The topological polar surface area (TPSA) is 112 Å². The van der Waals surface area contributed by atoms with Gasteiger partial charge in [0.2, 0.25) is 10.0 Å². The largest absolute Gasteiger partial charge is 0.495 e. The third kappa shape index (κ3) is 3.92. The highest BCUT2D eigenvalue weighted by atomic mass is 32.2. The van der Waals surface area contributed by atoms with Gasteiger partial charge in [-0.3, -0.25) is 4.68 Å². The second kappa shape index (κ2) is 6.55. The number of rotatable bonds is 7. The number of anilines is 1. The minimum Gasteiger partial charge on any atom is -0.495 e. The van der Waals surface area contributed by atoms with Gasteiger partial charge in [0.15, 0.2) is 0 Å². The van der Waals surface area contributed by atoms with E-state index in [4.69, 9.17) is 10.5 Å². The predicted molar refractivity (Wildman–Crippen MR) is 77.2 cm³/mol. The summed E-state index contributed by atoms with van der Waals surface area (Å²) in [6, 6.07) is 4.35. The molecule has 1 aromatic carbocycles. The standard InChI is InChI=1S/C12H17N5O3S/c1-20-12-4-3-10(9-11(12)13)21(18,19)15-5-2-7-17-8-6-14-16-17/h3-4,6,8-9,15H,2,5,7,13H2,1H3. The fourth-order valence-corrected chi connectivity index (χ4v) is 2.87. The zero-order valence-corrected chi connectivity index (χ0v) is 12.4. The van der Waals surface area contributed by atoms with Gasteiger partial charge in [-0.2, -0.15) is 0 Å². The summed E-state index contributed by atoms with van der Waals surface area (Å²) >= 11 is 0. The van der Waals surface area contributed by atoms with Crippen molar-refractivity contribution >= 4 is 15.7 Å². The summed E-state index contributed by atoms with van der Waals surface area (Å²) in [5.41, 5.74) is 5.99. The highest BCUT2D eigenvalue weighted by molar-refractivity contribution is 7.89. The van der Waals surface area contributed by atoms with Gasteiger partial charge in [0, 0.05) is 19.3 Å². The lowest BCUT2D eigenvalue weighted by atomic mass is 10.3. The molecule has 1 aromatic heterocycles. The summed E-state index contributed by atoms with van der Waals surface area (Å²) < 4.78 is 33.4. The van der Waals surface area contributed by atoms with Crippen LogP contribution in [0.25, 0.3) is 0 Å². The number of nitrogens with two attached hydrogens (primary N) is 1. The van der Waals surface area contributed by atoms with Crippen molar-refractivity contribution in [2.24, 2.45) is 0 Å². The summed E-state index contributed by atoms with van der Waals surface area (Å²) in [6.45, 7) is 0.890. The fourth-order valence-electron chi connectivity index (χ4n) is 1.76. The molecule has 8 nitrogen and oxygen atoms in total. The maximum absolute atomic E-state index is 12.1. The van der Waals surface area contributed by atoms with Gasteiger partial charge in [0.05, 0.1) is 23.9 Å². The van der Waals surface area contributed by atoms with E-state index in [0.717, 1.165) is 0 Å². The van der Waals surface area contributed by atoms with E-state index in [0.29, 0.717) is 25.3 Å². The molecule has 1 heterocycles. The van der Waals surface area contributed by atoms with E-state index in [1.807, 2.05) is 0 Å². The first-order valence-electron chi connectivity index (χ1n) is 6.30. The first-order valence-corrected chi connectivity index (χ1v) is 7.78. The minimum absolute atomic E-state index is 0.113. The van der Waals surface area contributed by atoms with Crippen molar-refractivity contribution in [3.63, 3.8) is 0 Å². The number of nitrogen functional groups attached to an aromatic ring is 1.